The monoisotopic (exact) mass is 335 g/mol. The lowest BCUT2D eigenvalue weighted by Gasteiger charge is -2.00. The molecule has 0 radical (unpaired) electrons. The molecule has 0 atom stereocenters. The molecule has 0 bridgehead atoms. The number of nitrogens with zero attached hydrogens (tertiary/aromatic N) is 1. The Balaban J connectivity index is 2.04. The predicted molar refractivity (Wildman–Crippen MR) is 83.5 cm³/mol. The Morgan fingerprint density at radius 3 is 2.50 bits per heavy atom. The van der Waals surface area contributed by atoms with Gasteiger partial charge >= 0.3 is 5.97 Å². The molecule has 2 aromatic carbocycles. The van der Waals surface area contributed by atoms with Gasteiger partial charge in [-0.05, 0) is 30.3 Å². The number of ether oxygens (including phenoxy) is 1. The molecular formula is C16H8Cl2FNO2. The maximum Gasteiger partial charge on any atom is 0.363 e. The Kier molecular flexibility index (Phi) is 3.96. The number of hydrogen-bond donors (Lipinski definition) is 0. The van der Waals surface area contributed by atoms with Crippen molar-refractivity contribution in [2.75, 3.05) is 0 Å². The van der Waals surface area contributed by atoms with E-state index in [9.17, 15) is 9.18 Å². The van der Waals surface area contributed by atoms with Crippen LogP contribution < -0.4 is 0 Å². The molecular weight excluding hydrogens is 328 g/mol. The quantitative estimate of drug-likeness (QED) is 0.599. The molecule has 22 heavy (non-hydrogen) atoms. The van der Waals surface area contributed by atoms with Gasteiger partial charge in [0.25, 0.3) is 0 Å². The highest BCUT2D eigenvalue weighted by molar-refractivity contribution is 6.34. The highest BCUT2D eigenvalue weighted by atomic mass is 35.5. The van der Waals surface area contributed by atoms with E-state index >= 15 is 0 Å². The summed E-state index contributed by atoms with van der Waals surface area (Å²) in [6.07, 6.45) is 1.25. The van der Waals surface area contributed by atoms with Crippen molar-refractivity contribution >= 4 is 41.1 Å². The molecule has 0 unspecified atom stereocenters. The standard InChI is InChI=1S/C16H8Cl2FNO2/c17-11-5-2-1-4-9(11)15-20-14(16(21)22-15)8-10-12(18)6-3-7-13(10)19/h1-8H/b14-8-. The van der Waals surface area contributed by atoms with E-state index in [2.05, 4.69) is 4.99 Å². The highest BCUT2D eigenvalue weighted by Crippen LogP contribution is 2.26. The van der Waals surface area contributed by atoms with E-state index in [1.807, 2.05) is 0 Å². The number of cyclic esters (lactones) is 1. The molecule has 110 valence electrons. The topological polar surface area (TPSA) is 38.7 Å². The van der Waals surface area contributed by atoms with E-state index < -0.39 is 11.8 Å². The number of carbonyl (C=O) groups excluding carboxylic acids is 1. The first kappa shape index (κ1) is 14.8. The second-order valence-electron chi connectivity index (χ2n) is 4.45. The van der Waals surface area contributed by atoms with E-state index in [0.29, 0.717) is 10.6 Å². The third-order valence-corrected chi connectivity index (χ3v) is 3.66. The Bertz CT molecular complexity index is 810. The average molecular weight is 336 g/mol. The lowest BCUT2D eigenvalue weighted by Crippen LogP contribution is -2.05. The van der Waals surface area contributed by atoms with Gasteiger partial charge in [0.1, 0.15) is 5.82 Å². The molecule has 3 nitrogen and oxygen atoms in total. The van der Waals surface area contributed by atoms with Gasteiger partial charge in [-0.15, -0.1) is 0 Å². The van der Waals surface area contributed by atoms with Crippen LogP contribution in [0.4, 0.5) is 4.39 Å². The summed E-state index contributed by atoms with van der Waals surface area (Å²) < 4.78 is 18.9. The van der Waals surface area contributed by atoms with Crippen LogP contribution in [-0.2, 0) is 9.53 Å². The maximum absolute atomic E-state index is 13.8. The van der Waals surface area contributed by atoms with Gasteiger partial charge in [-0.3, -0.25) is 0 Å². The first-order chi connectivity index (χ1) is 10.6. The van der Waals surface area contributed by atoms with Crippen LogP contribution in [0, 0.1) is 5.82 Å². The van der Waals surface area contributed by atoms with Crippen LogP contribution in [0.25, 0.3) is 6.08 Å². The van der Waals surface area contributed by atoms with E-state index in [1.165, 1.54) is 24.3 Å². The molecule has 0 aliphatic carbocycles. The number of rotatable bonds is 2. The van der Waals surface area contributed by atoms with Crippen molar-refractivity contribution in [1.82, 2.24) is 0 Å². The minimum atomic E-state index is -0.686. The molecule has 0 spiro atoms. The summed E-state index contributed by atoms with van der Waals surface area (Å²) >= 11 is 12.0. The second-order valence-corrected chi connectivity index (χ2v) is 5.27. The van der Waals surface area contributed by atoms with Crippen molar-refractivity contribution in [3.63, 3.8) is 0 Å². The van der Waals surface area contributed by atoms with Crippen molar-refractivity contribution in [3.05, 3.63) is 75.2 Å². The summed E-state index contributed by atoms with van der Waals surface area (Å²) in [6.45, 7) is 0. The fourth-order valence-corrected chi connectivity index (χ4v) is 2.38. The fourth-order valence-electron chi connectivity index (χ4n) is 1.94. The van der Waals surface area contributed by atoms with Crippen molar-refractivity contribution in [1.29, 1.82) is 0 Å². The summed E-state index contributed by atoms with van der Waals surface area (Å²) in [6, 6.07) is 11.1. The van der Waals surface area contributed by atoms with Crippen LogP contribution in [0.2, 0.25) is 10.0 Å². The Morgan fingerprint density at radius 1 is 1.05 bits per heavy atom. The molecule has 2 aromatic rings. The Hall–Kier alpha value is -2.17. The Morgan fingerprint density at radius 2 is 1.77 bits per heavy atom. The summed E-state index contributed by atoms with van der Waals surface area (Å²) in [7, 11) is 0. The van der Waals surface area contributed by atoms with Crippen molar-refractivity contribution < 1.29 is 13.9 Å². The lowest BCUT2D eigenvalue weighted by atomic mass is 10.2. The van der Waals surface area contributed by atoms with Gasteiger partial charge in [0.15, 0.2) is 5.70 Å². The van der Waals surface area contributed by atoms with Gasteiger partial charge in [0, 0.05) is 5.56 Å². The minimum absolute atomic E-state index is 0.0399. The van der Waals surface area contributed by atoms with Crippen LogP contribution in [0.1, 0.15) is 11.1 Å². The largest absolute Gasteiger partial charge is 0.402 e. The average Bonchev–Trinajstić information content (AvgIpc) is 2.84. The summed E-state index contributed by atoms with van der Waals surface area (Å²) in [5.41, 5.74) is 0.530. The van der Waals surface area contributed by atoms with Crippen molar-refractivity contribution in [3.8, 4) is 0 Å². The second kappa shape index (κ2) is 5.91. The van der Waals surface area contributed by atoms with Crippen LogP contribution in [-0.4, -0.2) is 11.9 Å². The molecule has 0 saturated heterocycles. The minimum Gasteiger partial charge on any atom is -0.402 e. The van der Waals surface area contributed by atoms with Gasteiger partial charge in [0.2, 0.25) is 5.90 Å². The molecule has 0 fully saturated rings. The van der Waals surface area contributed by atoms with Crippen molar-refractivity contribution in [2.45, 2.75) is 0 Å². The third kappa shape index (κ3) is 2.75. The maximum atomic E-state index is 13.8. The molecule has 3 rings (SSSR count). The predicted octanol–water partition coefficient (Wildman–Crippen LogP) is 4.48. The smallest absolute Gasteiger partial charge is 0.363 e. The van der Waals surface area contributed by atoms with Crippen LogP contribution in [0.3, 0.4) is 0 Å². The Labute approximate surface area is 135 Å². The SMILES string of the molecule is O=C1OC(c2ccccc2Cl)=N/C1=C\c1c(F)cccc1Cl. The number of esters is 1. The lowest BCUT2D eigenvalue weighted by molar-refractivity contribution is -0.129. The zero-order chi connectivity index (χ0) is 15.7. The number of hydrogen-bond acceptors (Lipinski definition) is 3. The van der Waals surface area contributed by atoms with E-state index in [-0.39, 0.29) is 22.2 Å². The van der Waals surface area contributed by atoms with E-state index in [0.717, 1.165) is 0 Å². The summed E-state index contributed by atoms with van der Waals surface area (Å²) in [5, 5.41) is 0.584. The molecule has 1 aliphatic rings. The first-order valence-corrected chi connectivity index (χ1v) is 7.03. The van der Waals surface area contributed by atoms with Crippen LogP contribution in [0.5, 0.6) is 0 Å². The van der Waals surface area contributed by atoms with E-state index in [4.69, 9.17) is 27.9 Å². The van der Waals surface area contributed by atoms with Crippen molar-refractivity contribution in [2.24, 2.45) is 4.99 Å². The molecule has 0 aromatic heterocycles. The normalized spacial score (nSPS) is 15.9. The third-order valence-electron chi connectivity index (χ3n) is 3.01. The number of carbonyl (C=O) groups is 1. The highest BCUT2D eigenvalue weighted by Gasteiger charge is 2.26. The molecule has 0 saturated carbocycles. The van der Waals surface area contributed by atoms with Gasteiger partial charge in [-0.2, -0.15) is 0 Å². The molecule has 6 heteroatoms. The molecule has 0 N–H and O–H groups in total. The van der Waals surface area contributed by atoms with Crippen LogP contribution >= 0.6 is 23.2 Å². The van der Waals surface area contributed by atoms with Gasteiger partial charge in [-0.25, -0.2) is 14.2 Å². The molecule has 1 aliphatic heterocycles. The summed E-state index contributed by atoms with van der Waals surface area (Å²) in [5.74, 6) is -1.15. The van der Waals surface area contributed by atoms with E-state index in [1.54, 1.807) is 24.3 Å². The zero-order valence-electron chi connectivity index (χ0n) is 11.0. The van der Waals surface area contributed by atoms with Gasteiger partial charge < -0.3 is 4.74 Å². The fraction of sp³-hybridized carbons (Fsp3) is 0. The van der Waals surface area contributed by atoms with Crippen LogP contribution in [0.15, 0.2) is 53.2 Å². The molecule has 0 amide bonds. The summed E-state index contributed by atoms with van der Waals surface area (Å²) in [4.78, 5) is 16.0. The number of benzene rings is 2. The van der Waals surface area contributed by atoms with Gasteiger partial charge in [0.05, 0.1) is 15.6 Å². The number of aliphatic imine (C=N–C) groups is 1. The molecule has 1 heterocycles. The van der Waals surface area contributed by atoms with Gasteiger partial charge in [-0.1, -0.05) is 41.4 Å². The zero-order valence-corrected chi connectivity index (χ0v) is 12.5. The number of halogens is 3. The first-order valence-electron chi connectivity index (χ1n) is 6.28.